The van der Waals surface area contributed by atoms with E-state index in [4.69, 9.17) is 8.92 Å². The average molecular weight is 539 g/mol. The van der Waals surface area contributed by atoms with Gasteiger partial charge in [-0.1, -0.05) is 78.4 Å². The Morgan fingerprint density at radius 3 is 2.18 bits per heavy atom. The predicted molar refractivity (Wildman–Crippen MR) is 140 cm³/mol. The summed E-state index contributed by atoms with van der Waals surface area (Å²) in [6.45, 7) is 1.45. The molecule has 1 saturated heterocycles. The maximum Gasteiger partial charge on any atom is 0.407 e. The summed E-state index contributed by atoms with van der Waals surface area (Å²) in [5.41, 5.74) is 1.27. The van der Waals surface area contributed by atoms with Gasteiger partial charge in [-0.05, 0) is 43.0 Å². The standard InChI is InChI=1S/C28H30N2O7S/c1-21-12-14-25(15-13-21)38(34,35)37-20-28(16-22-8-4-2-5-9-22)17-24(18-30(28)27(32)33)29-26(31)36-19-23-10-6-3-7-11-23/h2-15,24H,16-20H2,1H3,(H,29,31)(H,32,33)/t24-,28-/m0/s1. The molecule has 200 valence electrons. The van der Waals surface area contributed by atoms with Crippen LogP contribution in [0.25, 0.3) is 0 Å². The maximum atomic E-state index is 13.0. The van der Waals surface area contributed by atoms with Crippen LogP contribution in [-0.4, -0.2) is 55.3 Å². The molecule has 0 bridgehead atoms. The van der Waals surface area contributed by atoms with Gasteiger partial charge in [0, 0.05) is 6.54 Å². The van der Waals surface area contributed by atoms with Gasteiger partial charge >= 0.3 is 12.2 Å². The molecule has 3 aromatic rings. The SMILES string of the molecule is Cc1ccc(S(=O)(=O)OC[C@]2(Cc3ccccc3)C[C@H](NC(=O)OCc3ccccc3)CN2C(=O)O)cc1. The van der Waals surface area contributed by atoms with Crippen LogP contribution in [0.5, 0.6) is 0 Å². The quantitative estimate of drug-likeness (QED) is 0.388. The van der Waals surface area contributed by atoms with Gasteiger partial charge in [0.15, 0.2) is 0 Å². The molecule has 2 amide bonds. The van der Waals surface area contributed by atoms with Crippen molar-refractivity contribution in [3.05, 3.63) is 102 Å². The van der Waals surface area contributed by atoms with Crippen LogP contribution in [0.4, 0.5) is 9.59 Å². The predicted octanol–water partition coefficient (Wildman–Crippen LogP) is 4.36. The molecule has 1 aliphatic heterocycles. The molecular formula is C28H30N2O7S. The number of rotatable bonds is 9. The lowest BCUT2D eigenvalue weighted by atomic mass is 9.88. The second kappa shape index (κ2) is 11.7. The van der Waals surface area contributed by atoms with Crippen molar-refractivity contribution in [3.8, 4) is 0 Å². The van der Waals surface area contributed by atoms with E-state index in [1.54, 1.807) is 12.1 Å². The van der Waals surface area contributed by atoms with Crippen molar-refractivity contribution in [2.75, 3.05) is 13.2 Å². The highest BCUT2D eigenvalue weighted by Crippen LogP contribution is 2.35. The lowest BCUT2D eigenvalue weighted by Gasteiger charge is -2.36. The molecule has 1 fully saturated rings. The second-order valence-electron chi connectivity index (χ2n) is 9.42. The van der Waals surface area contributed by atoms with E-state index in [0.717, 1.165) is 21.6 Å². The van der Waals surface area contributed by atoms with E-state index in [1.807, 2.05) is 67.6 Å². The van der Waals surface area contributed by atoms with E-state index >= 15 is 0 Å². The minimum atomic E-state index is -4.16. The van der Waals surface area contributed by atoms with Crippen LogP contribution in [0.2, 0.25) is 0 Å². The number of carbonyl (C=O) groups is 2. The highest BCUT2D eigenvalue weighted by atomic mass is 32.2. The third kappa shape index (κ3) is 6.70. The van der Waals surface area contributed by atoms with E-state index in [2.05, 4.69) is 5.32 Å². The van der Waals surface area contributed by atoms with Crippen molar-refractivity contribution in [3.63, 3.8) is 0 Å². The molecule has 1 aliphatic rings. The molecule has 3 aromatic carbocycles. The summed E-state index contributed by atoms with van der Waals surface area (Å²) in [6, 6.07) is 24.0. The number of ether oxygens (including phenoxy) is 1. The zero-order chi connectivity index (χ0) is 27.2. The fourth-order valence-corrected chi connectivity index (χ4v) is 5.63. The Kier molecular flexibility index (Phi) is 8.33. The average Bonchev–Trinajstić information content (AvgIpc) is 3.26. The Balaban J connectivity index is 1.54. The van der Waals surface area contributed by atoms with E-state index in [-0.39, 0.29) is 30.9 Å². The van der Waals surface area contributed by atoms with Crippen molar-refractivity contribution in [1.82, 2.24) is 10.2 Å². The van der Waals surface area contributed by atoms with Crippen molar-refractivity contribution < 1.29 is 32.0 Å². The molecule has 2 N–H and O–H groups in total. The van der Waals surface area contributed by atoms with Crippen LogP contribution >= 0.6 is 0 Å². The molecule has 0 saturated carbocycles. The molecule has 0 radical (unpaired) electrons. The van der Waals surface area contributed by atoms with Crippen molar-refractivity contribution >= 4 is 22.3 Å². The molecule has 10 heteroatoms. The molecule has 0 unspecified atom stereocenters. The van der Waals surface area contributed by atoms with Crippen LogP contribution in [-0.2, 0) is 32.1 Å². The number of likely N-dealkylation sites (tertiary alicyclic amines) is 1. The van der Waals surface area contributed by atoms with Crippen molar-refractivity contribution in [2.45, 2.75) is 42.8 Å². The lowest BCUT2D eigenvalue weighted by Crippen LogP contribution is -2.52. The van der Waals surface area contributed by atoms with Gasteiger partial charge in [-0.3, -0.25) is 9.08 Å². The van der Waals surface area contributed by atoms with Gasteiger partial charge in [0.1, 0.15) is 6.61 Å². The van der Waals surface area contributed by atoms with Crippen LogP contribution in [0.15, 0.2) is 89.8 Å². The second-order valence-corrected chi connectivity index (χ2v) is 11.0. The summed E-state index contributed by atoms with van der Waals surface area (Å²) in [5, 5.41) is 12.8. The summed E-state index contributed by atoms with van der Waals surface area (Å²) < 4.78 is 36.7. The number of amides is 2. The molecular weight excluding hydrogens is 508 g/mol. The minimum absolute atomic E-state index is 0.0167. The Labute approximate surface area is 222 Å². The summed E-state index contributed by atoms with van der Waals surface area (Å²) in [7, 11) is -4.16. The topological polar surface area (TPSA) is 122 Å². The van der Waals surface area contributed by atoms with Crippen LogP contribution < -0.4 is 5.32 Å². The summed E-state index contributed by atoms with van der Waals surface area (Å²) >= 11 is 0. The summed E-state index contributed by atoms with van der Waals surface area (Å²) in [6.07, 6.45) is -1.59. The first-order valence-electron chi connectivity index (χ1n) is 12.1. The van der Waals surface area contributed by atoms with E-state index in [0.29, 0.717) is 0 Å². The number of alkyl carbamates (subject to hydrolysis) is 1. The van der Waals surface area contributed by atoms with Crippen molar-refractivity contribution in [1.29, 1.82) is 0 Å². The molecule has 0 aliphatic carbocycles. The number of nitrogens with zero attached hydrogens (tertiary/aromatic N) is 1. The van der Waals surface area contributed by atoms with Gasteiger partial charge in [-0.2, -0.15) is 8.42 Å². The normalized spacial score (nSPS) is 19.2. The maximum absolute atomic E-state index is 13.0. The Morgan fingerprint density at radius 1 is 0.974 bits per heavy atom. The number of benzene rings is 3. The lowest BCUT2D eigenvalue weighted by molar-refractivity contribution is 0.0698. The Morgan fingerprint density at radius 2 is 1.58 bits per heavy atom. The number of nitrogens with one attached hydrogen (secondary N) is 1. The first kappa shape index (κ1) is 27.2. The Hall–Kier alpha value is -3.89. The first-order valence-corrected chi connectivity index (χ1v) is 13.6. The van der Waals surface area contributed by atoms with Gasteiger partial charge in [0.2, 0.25) is 0 Å². The monoisotopic (exact) mass is 538 g/mol. The molecule has 1 heterocycles. The van der Waals surface area contributed by atoms with E-state index in [1.165, 1.54) is 12.1 Å². The first-order chi connectivity index (χ1) is 18.2. The molecule has 38 heavy (non-hydrogen) atoms. The summed E-state index contributed by atoms with van der Waals surface area (Å²) in [4.78, 5) is 26.0. The molecule has 4 rings (SSSR count). The third-order valence-corrected chi connectivity index (χ3v) is 7.81. The molecule has 9 nitrogen and oxygen atoms in total. The number of aryl methyl sites for hydroxylation is 1. The van der Waals surface area contributed by atoms with Crippen LogP contribution in [0.3, 0.4) is 0 Å². The zero-order valence-corrected chi connectivity index (χ0v) is 21.8. The highest BCUT2D eigenvalue weighted by molar-refractivity contribution is 7.86. The van der Waals surface area contributed by atoms with Gasteiger partial charge in [0.25, 0.3) is 10.1 Å². The van der Waals surface area contributed by atoms with E-state index < -0.39 is 40.5 Å². The van der Waals surface area contributed by atoms with Gasteiger partial charge in [-0.15, -0.1) is 0 Å². The zero-order valence-electron chi connectivity index (χ0n) is 20.9. The minimum Gasteiger partial charge on any atom is -0.465 e. The van der Waals surface area contributed by atoms with Gasteiger partial charge < -0.3 is 15.2 Å². The van der Waals surface area contributed by atoms with Crippen LogP contribution in [0.1, 0.15) is 23.1 Å². The molecule has 0 spiro atoms. The van der Waals surface area contributed by atoms with E-state index in [9.17, 15) is 23.1 Å². The number of carboxylic acid groups (broad SMARTS) is 1. The highest BCUT2D eigenvalue weighted by Gasteiger charge is 2.50. The Bertz CT molecular complexity index is 1350. The van der Waals surface area contributed by atoms with Crippen LogP contribution in [0, 0.1) is 6.92 Å². The fourth-order valence-electron chi connectivity index (χ4n) is 4.65. The number of hydrogen-bond acceptors (Lipinski definition) is 6. The van der Waals surface area contributed by atoms with Gasteiger partial charge in [0.05, 0.1) is 23.1 Å². The largest absolute Gasteiger partial charge is 0.465 e. The summed E-state index contributed by atoms with van der Waals surface area (Å²) in [5.74, 6) is 0. The fraction of sp³-hybridized carbons (Fsp3) is 0.286. The third-order valence-electron chi connectivity index (χ3n) is 6.54. The van der Waals surface area contributed by atoms with Crippen molar-refractivity contribution in [2.24, 2.45) is 0 Å². The smallest absolute Gasteiger partial charge is 0.407 e. The number of hydrogen-bond donors (Lipinski definition) is 2. The molecule has 0 aromatic heterocycles. The number of carbonyl (C=O) groups excluding carboxylic acids is 1. The van der Waals surface area contributed by atoms with Gasteiger partial charge in [-0.25, -0.2) is 9.59 Å². The molecule has 2 atom stereocenters.